The SMILES string of the molecule is C=CC(=O)N1CCCC(n2nc(-c3ccc(CNS(=O)(=O)c4cccc5cccnc45)cc3)c3c(N)ncnc32)C1. The van der Waals surface area contributed by atoms with Gasteiger partial charge in [0, 0.05) is 36.8 Å². The maximum absolute atomic E-state index is 13.1. The zero-order valence-corrected chi connectivity index (χ0v) is 23.0. The second kappa shape index (κ2) is 10.7. The fourth-order valence-electron chi connectivity index (χ4n) is 5.27. The highest BCUT2D eigenvalue weighted by molar-refractivity contribution is 7.89. The average molecular weight is 569 g/mol. The molecule has 6 rings (SSSR count). The Morgan fingerprint density at radius 2 is 1.90 bits per heavy atom. The van der Waals surface area contributed by atoms with Crippen LogP contribution in [0.25, 0.3) is 33.2 Å². The van der Waals surface area contributed by atoms with Gasteiger partial charge in [-0.05, 0) is 36.6 Å². The Hall–Kier alpha value is -4.68. The number of carbonyl (C=O) groups excluding carboxylic acids is 1. The third kappa shape index (κ3) is 5.03. The number of nitrogens with one attached hydrogen (secondary N) is 1. The van der Waals surface area contributed by atoms with Crippen LogP contribution in [0, 0.1) is 0 Å². The maximum atomic E-state index is 13.1. The van der Waals surface area contributed by atoms with Crippen LogP contribution in [0.3, 0.4) is 0 Å². The Balaban J connectivity index is 1.26. The van der Waals surface area contributed by atoms with Crippen molar-refractivity contribution in [3.8, 4) is 11.3 Å². The van der Waals surface area contributed by atoms with Gasteiger partial charge >= 0.3 is 0 Å². The number of para-hydroxylation sites is 1. The zero-order chi connectivity index (χ0) is 28.6. The Morgan fingerprint density at radius 3 is 2.71 bits per heavy atom. The predicted octanol–water partition coefficient (Wildman–Crippen LogP) is 3.45. The van der Waals surface area contributed by atoms with Crippen molar-refractivity contribution in [1.29, 1.82) is 0 Å². The zero-order valence-electron chi connectivity index (χ0n) is 22.1. The van der Waals surface area contributed by atoms with Gasteiger partial charge < -0.3 is 10.6 Å². The number of fused-ring (bicyclic) bond motifs is 2. The molecule has 3 N–H and O–H groups in total. The summed E-state index contributed by atoms with van der Waals surface area (Å²) in [6.45, 7) is 4.88. The van der Waals surface area contributed by atoms with Gasteiger partial charge in [0.1, 0.15) is 22.7 Å². The number of pyridine rings is 1. The molecule has 1 atom stereocenters. The van der Waals surface area contributed by atoms with Crippen molar-refractivity contribution in [1.82, 2.24) is 34.4 Å². The summed E-state index contributed by atoms with van der Waals surface area (Å²) < 4.78 is 30.7. The van der Waals surface area contributed by atoms with E-state index in [-0.39, 0.29) is 23.4 Å². The van der Waals surface area contributed by atoms with E-state index in [0.717, 1.165) is 29.4 Å². The van der Waals surface area contributed by atoms with Gasteiger partial charge in [-0.25, -0.2) is 27.8 Å². The number of aromatic nitrogens is 5. The molecule has 1 aliphatic rings. The van der Waals surface area contributed by atoms with Gasteiger partial charge in [0.05, 0.1) is 16.9 Å². The molecule has 4 heterocycles. The summed E-state index contributed by atoms with van der Waals surface area (Å²) in [5.41, 5.74) is 9.50. The molecule has 11 nitrogen and oxygen atoms in total. The fraction of sp³-hybridized carbons (Fsp3) is 0.207. The third-order valence-corrected chi connectivity index (χ3v) is 8.76. The molecule has 1 unspecified atom stereocenters. The number of likely N-dealkylation sites (tertiary alicyclic amines) is 1. The molecule has 1 fully saturated rings. The highest BCUT2D eigenvalue weighted by atomic mass is 32.2. The van der Waals surface area contributed by atoms with Crippen LogP contribution in [-0.2, 0) is 21.4 Å². The number of nitrogen functional groups attached to an aromatic ring is 1. The quantitative estimate of drug-likeness (QED) is 0.284. The van der Waals surface area contributed by atoms with Crippen LogP contribution >= 0.6 is 0 Å². The second-order valence-electron chi connectivity index (χ2n) is 9.89. The molecule has 12 heteroatoms. The van der Waals surface area contributed by atoms with Crippen molar-refractivity contribution >= 4 is 43.7 Å². The van der Waals surface area contributed by atoms with Crippen LogP contribution in [0.1, 0.15) is 24.4 Å². The van der Waals surface area contributed by atoms with Gasteiger partial charge in [-0.3, -0.25) is 9.78 Å². The summed E-state index contributed by atoms with van der Waals surface area (Å²) in [5.74, 6) is 0.204. The Kier molecular flexibility index (Phi) is 6.93. The first-order chi connectivity index (χ1) is 19.9. The summed E-state index contributed by atoms with van der Waals surface area (Å²) in [7, 11) is -3.80. The average Bonchev–Trinajstić information content (AvgIpc) is 3.41. The van der Waals surface area contributed by atoms with Crippen LogP contribution in [0.2, 0.25) is 0 Å². The summed E-state index contributed by atoms with van der Waals surface area (Å²) in [6, 6.07) is 16.0. The molecule has 208 valence electrons. The summed E-state index contributed by atoms with van der Waals surface area (Å²) in [5, 5.41) is 6.29. The largest absolute Gasteiger partial charge is 0.383 e. The molecule has 0 spiro atoms. The summed E-state index contributed by atoms with van der Waals surface area (Å²) >= 11 is 0. The van der Waals surface area contributed by atoms with Crippen molar-refractivity contribution in [2.75, 3.05) is 18.8 Å². The molecule has 3 aromatic heterocycles. The molecule has 0 bridgehead atoms. The maximum Gasteiger partial charge on any atom is 0.246 e. The van der Waals surface area contributed by atoms with E-state index in [4.69, 9.17) is 10.8 Å². The van der Waals surface area contributed by atoms with E-state index in [0.29, 0.717) is 41.2 Å². The summed E-state index contributed by atoms with van der Waals surface area (Å²) in [6.07, 6.45) is 5.99. The van der Waals surface area contributed by atoms with E-state index in [9.17, 15) is 13.2 Å². The molecule has 0 aliphatic carbocycles. The van der Waals surface area contributed by atoms with E-state index in [2.05, 4.69) is 26.3 Å². The third-order valence-electron chi connectivity index (χ3n) is 7.33. The van der Waals surface area contributed by atoms with Crippen molar-refractivity contribution in [3.63, 3.8) is 0 Å². The topological polar surface area (TPSA) is 149 Å². The van der Waals surface area contributed by atoms with Crippen molar-refractivity contribution in [2.45, 2.75) is 30.3 Å². The number of rotatable bonds is 7. The molecule has 41 heavy (non-hydrogen) atoms. The number of benzene rings is 2. The molecule has 1 aliphatic heterocycles. The van der Waals surface area contributed by atoms with Gasteiger partial charge in [0.2, 0.25) is 15.9 Å². The highest BCUT2D eigenvalue weighted by Gasteiger charge is 2.28. The predicted molar refractivity (Wildman–Crippen MR) is 156 cm³/mol. The first kappa shape index (κ1) is 26.5. The lowest BCUT2D eigenvalue weighted by Gasteiger charge is -2.32. The smallest absolute Gasteiger partial charge is 0.246 e. The lowest BCUT2D eigenvalue weighted by atomic mass is 10.1. The number of hydrogen-bond donors (Lipinski definition) is 2. The summed E-state index contributed by atoms with van der Waals surface area (Å²) in [4.78, 5) is 27.1. The number of carbonyl (C=O) groups is 1. The van der Waals surface area contributed by atoms with Crippen molar-refractivity contribution in [3.05, 3.63) is 85.3 Å². The molecule has 0 saturated carbocycles. The molecular formula is C29H28N8O3S. The normalized spacial score (nSPS) is 15.8. The van der Waals surface area contributed by atoms with Gasteiger partial charge in [0.15, 0.2) is 5.65 Å². The minimum Gasteiger partial charge on any atom is -0.383 e. The van der Waals surface area contributed by atoms with Crippen LogP contribution in [0.5, 0.6) is 0 Å². The lowest BCUT2D eigenvalue weighted by Crippen LogP contribution is -2.40. The molecule has 1 amide bonds. The van der Waals surface area contributed by atoms with E-state index < -0.39 is 10.0 Å². The second-order valence-corrected chi connectivity index (χ2v) is 11.6. The Bertz CT molecular complexity index is 1880. The van der Waals surface area contributed by atoms with Crippen molar-refractivity contribution < 1.29 is 13.2 Å². The minimum absolute atomic E-state index is 0.0737. The number of hydrogen-bond acceptors (Lipinski definition) is 8. The Labute approximate surface area is 236 Å². The molecular weight excluding hydrogens is 540 g/mol. The number of piperidine rings is 1. The minimum atomic E-state index is -3.80. The standard InChI is InChI=1S/C29H28N8O3S/c1-2-24(38)36-15-5-8-22(17-36)37-29-25(28(30)32-18-33-29)27(35-37)21-12-10-19(11-13-21)16-34-41(39,40)23-9-3-6-20-7-4-14-31-26(20)23/h2-4,6-7,9-14,18,22,34H,1,5,8,15-17H2,(H2,30,32,33). The van der Waals surface area contributed by atoms with E-state index in [1.165, 1.54) is 12.4 Å². The molecule has 5 aromatic rings. The Morgan fingerprint density at radius 1 is 1.10 bits per heavy atom. The van der Waals surface area contributed by atoms with Crippen LogP contribution in [0.15, 0.2) is 84.7 Å². The highest BCUT2D eigenvalue weighted by Crippen LogP contribution is 2.34. The molecule has 2 aromatic carbocycles. The molecule has 1 saturated heterocycles. The van der Waals surface area contributed by atoms with Gasteiger partial charge in [0.25, 0.3) is 0 Å². The van der Waals surface area contributed by atoms with Gasteiger partial charge in [-0.1, -0.05) is 49.0 Å². The first-order valence-electron chi connectivity index (χ1n) is 13.2. The monoisotopic (exact) mass is 568 g/mol. The first-order valence-corrected chi connectivity index (χ1v) is 14.7. The van der Waals surface area contributed by atoms with E-state index in [1.54, 1.807) is 29.3 Å². The fourth-order valence-corrected chi connectivity index (χ4v) is 6.46. The van der Waals surface area contributed by atoms with Crippen LogP contribution < -0.4 is 10.5 Å². The number of anilines is 1. The van der Waals surface area contributed by atoms with Gasteiger partial charge in [-0.2, -0.15) is 5.10 Å². The lowest BCUT2D eigenvalue weighted by molar-refractivity contribution is -0.127. The number of nitrogens with two attached hydrogens (primary N) is 1. The number of amides is 1. The molecule has 0 radical (unpaired) electrons. The van der Waals surface area contributed by atoms with E-state index in [1.807, 2.05) is 41.1 Å². The number of nitrogens with zero attached hydrogens (tertiary/aromatic N) is 6. The number of sulfonamides is 1. The van der Waals surface area contributed by atoms with Gasteiger partial charge in [-0.15, -0.1) is 0 Å². The van der Waals surface area contributed by atoms with E-state index >= 15 is 0 Å². The van der Waals surface area contributed by atoms with Crippen molar-refractivity contribution in [2.24, 2.45) is 0 Å². The van der Waals surface area contributed by atoms with Crippen LogP contribution in [-0.4, -0.2) is 57.0 Å². The van der Waals surface area contributed by atoms with Crippen LogP contribution in [0.4, 0.5) is 5.82 Å².